The van der Waals surface area contributed by atoms with Gasteiger partial charge in [-0.2, -0.15) is 0 Å². The van der Waals surface area contributed by atoms with Crippen molar-refractivity contribution in [1.82, 2.24) is 4.90 Å². The van der Waals surface area contributed by atoms with E-state index in [-0.39, 0.29) is 19.8 Å². The number of hydrogen-bond acceptors (Lipinski definition) is 6. The van der Waals surface area contributed by atoms with E-state index in [4.69, 9.17) is 14.2 Å². The van der Waals surface area contributed by atoms with Crippen LogP contribution in [0.4, 0.5) is 0 Å². The SMILES string of the molecule is CC(C)(C)OC(=O)COC[C@@H](C(=O)OCc1ccccc1)N(Cc1ccccc1)Cc1ccccc1. The van der Waals surface area contributed by atoms with Crippen LogP contribution in [0.15, 0.2) is 91.0 Å². The molecule has 190 valence electrons. The van der Waals surface area contributed by atoms with Crippen molar-refractivity contribution in [1.29, 1.82) is 0 Å². The number of carbonyl (C=O) groups excluding carboxylic acids is 2. The molecule has 0 spiro atoms. The minimum Gasteiger partial charge on any atom is -0.460 e. The number of carbonyl (C=O) groups is 2. The van der Waals surface area contributed by atoms with E-state index in [0.29, 0.717) is 13.1 Å². The molecular formula is C30H35NO5. The number of rotatable bonds is 12. The molecule has 0 bridgehead atoms. The first kappa shape index (κ1) is 27.1. The maximum absolute atomic E-state index is 13.4. The predicted octanol–water partition coefficient (Wildman–Crippen LogP) is 5.16. The zero-order chi connectivity index (χ0) is 25.8. The Balaban J connectivity index is 1.78. The zero-order valence-corrected chi connectivity index (χ0v) is 21.3. The van der Waals surface area contributed by atoms with Gasteiger partial charge in [-0.1, -0.05) is 91.0 Å². The van der Waals surface area contributed by atoms with Crippen LogP contribution in [-0.4, -0.2) is 41.7 Å². The van der Waals surface area contributed by atoms with Crippen molar-refractivity contribution in [3.63, 3.8) is 0 Å². The number of ether oxygens (including phenoxy) is 3. The first-order valence-electron chi connectivity index (χ1n) is 12.1. The van der Waals surface area contributed by atoms with Gasteiger partial charge in [-0.15, -0.1) is 0 Å². The Morgan fingerprint density at radius 3 is 1.69 bits per heavy atom. The molecule has 0 heterocycles. The maximum Gasteiger partial charge on any atom is 0.332 e. The molecule has 0 amide bonds. The van der Waals surface area contributed by atoms with E-state index in [2.05, 4.69) is 0 Å². The lowest BCUT2D eigenvalue weighted by Gasteiger charge is -2.30. The van der Waals surface area contributed by atoms with Gasteiger partial charge in [0.15, 0.2) is 0 Å². The number of benzene rings is 3. The van der Waals surface area contributed by atoms with E-state index in [9.17, 15) is 9.59 Å². The molecule has 3 aromatic carbocycles. The molecule has 0 unspecified atom stereocenters. The van der Waals surface area contributed by atoms with Crippen LogP contribution in [0.2, 0.25) is 0 Å². The molecule has 36 heavy (non-hydrogen) atoms. The van der Waals surface area contributed by atoms with Crippen molar-refractivity contribution in [3.8, 4) is 0 Å². The van der Waals surface area contributed by atoms with Gasteiger partial charge in [0.2, 0.25) is 0 Å². The van der Waals surface area contributed by atoms with Crippen molar-refractivity contribution >= 4 is 11.9 Å². The summed E-state index contributed by atoms with van der Waals surface area (Å²) >= 11 is 0. The summed E-state index contributed by atoms with van der Waals surface area (Å²) in [6, 6.07) is 28.7. The van der Waals surface area contributed by atoms with Crippen LogP contribution in [0.3, 0.4) is 0 Å². The van der Waals surface area contributed by atoms with E-state index < -0.39 is 23.6 Å². The van der Waals surface area contributed by atoms with Crippen LogP contribution in [-0.2, 0) is 43.5 Å². The normalized spacial score (nSPS) is 12.2. The van der Waals surface area contributed by atoms with Crippen molar-refractivity contribution < 1.29 is 23.8 Å². The van der Waals surface area contributed by atoms with Gasteiger partial charge in [0.25, 0.3) is 0 Å². The molecule has 0 aliphatic heterocycles. The second-order valence-corrected chi connectivity index (χ2v) is 9.59. The molecule has 3 aromatic rings. The fourth-order valence-electron chi connectivity index (χ4n) is 3.68. The van der Waals surface area contributed by atoms with E-state index >= 15 is 0 Å². The Labute approximate surface area is 213 Å². The predicted molar refractivity (Wildman–Crippen MR) is 139 cm³/mol. The standard InChI is InChI=1S/C30H35NO5/c1-30(2,3)36-28(32)23-34-22-27(29(33)35-21-26-17-11-6-12-18-26)31(19-24-13-7-4-8-14-24)20-25-15-9-5-10-16-25/h4-18,27H,19-23H2,1-3H3/t27-/m0/s1. The Hall–Kier alpha value is -3.48. The van der Waals surface area contributed by atoms with Crippen molar-refractivity contribution in [3.05, 3.63) is 108 Å². The highest BCUT2D eigenvalue weighted by molar-refractivity contribution is 5.76. The molecule has 6 nitrogen and oxygen atoms in total. The Morgan fingerprint density at radius 1 is 0.750 bits per heavy atom. The Morgan fingerprint density at radius 2 is 1.22 bits per heavy atom. The minimum atomic E-state index is -0.725. The average Bonchev–Trinajstić information content (AvgIpc) is 2.86. The summed E-state index contributed by atoms with van der Waals surface area (Å²) in [5, 5.41) is 0. The monoisotopic (exact) mass is 489 g/mol. The van der Waals surface area contributed by atoms with Crippen LogP contribution in [0.5, 0.6) is 0 Å². The van der Waals surface area contributed by atoms with Crippen LogP contribution in [0.25, 0.3) is 0 Å². The van der Waals surface area contributed by atoms with Crippen LogP contribution in [0, 0.1) is 0 Å². The summed E-state index contributed by atoms with van der Waals surface area (Å²) < 4.78 is 16.8. The molecule has 6 heteroatoms. The first-order valence-corrected chi connectivity index (χ1v) is 12.1. The minimum absolute atomic E-state index is 0.00741. The van der Waals surface area contributed by atoms with Gasteiger partial charge < -0.3 is 14.2 Å². The van der Waals surface area contributed by atoms with E-state index in [0.717, 1.165) is 16.7 Å². The Bertz CT molecular complexity index is 1020. The zero-order valence-electron chi connectivity index (χ0n) is 21.3. The lowest BCUT2D eigenvalue weighted by Crippen LogP contribution is -2.45. The quantitative estimate of drug-likeness (QED) is 0.328. The second-order valence-electron chi connectivity index (χ2n) is 9.59. The topological polar surface area (TPSA) is 65.1 Å². The van der Waals surface area contributed by atoms with Crippen molar-refractivity contribution in [2.24, 2.45) is 0 Å². The first-order chi connectivity index (χ1) is 17.3. The molecule has 3 rings (SSSR count). The summed E-state index contributed by atoms with van der Waals surface area (Å²) in [6.45, 7) is 6.33. The molecular weight excluding hydrogens is 454 g/mol. The number of nitrogens with zero attached hydrogens (tertiary/aromatic N) is 1. The van der Waals surface area contributed by atoms with Crippen molar-refractivity contribution in [2.75, 3.05) is 13.2 Å². The highest BCUT2D eigenvalue weighted by Gasteiger charge is 2.29. The summed E-state index contributed by atoms with van der Waals surface area (Å²) in [5.74, 6) is -0.883. The van der Waals surface area contributed by atoms with E-state index in [1.54, 1.807) is 20.8 Å². The molecule has 0 aliphatic carbocycles. The van der Waals surface area contributed by atoms with Gasteiger partial charge in [0, 0.05) is 13.1 Å². The molecule has 0 radical (unpaired) electrons. The fourth-order valence-corrected chi connectivity index (χ4v) is 3.68. The van der Waals surface area contributed by atoms with Crippen molar-refractivity contribution in [2.45, 2.75) is 52.1 Å². The third-order valence-electron chi connectivity index (χ3n) is 5.31. The maximum atomic E-state index is 13.4. The highest BCUT2D eigenvalue weighted by Crippen LogP contribution is 2.16. The average molecular weight is 490 g/mol. The van der Waals surface area contributed by atoms with Gasteiger partial charge in [-0.3, -0.25) is 9.69 Å². The largest absolute Gasteiger partial charge is 0.460 e. The third kappa shape index (κ3) is 9.64. The molecule has 0 saturated carbocycles. The van der Waals surface area contributed by atoms with Crippen LogP contribution in [0.1, 0.15) is 37.5 Å². The van der Waals surface area contributed by atoms with Gasteiger partial charge in [-0.25, -0.2) is 4.79 Å². The van der Waals surface area contributed by atoms with Gasteiger partial charge in [-0.05, 0) is 37.5 Å². The second kappa shape index (κ2) is 13.6. The molecule has 0 aromatic heterocycles. The molecule has 1 atom stereocenters. The number of esters is 2. The van der Waals surface area contributed by atoms with Crippen LogP contribution < -0.4 is 0 Å². The molecule has 0 fully saturated rings. The van der Waals surface area contributed by atoms with E-state index in [1.807, 2.05) is 95.9 Å². The van der Waals surface area contributed by atoms with E-state index in [1.165, 1.54) is 0 Å². The van der Waals surface area contributed by atoms with Gasteiger partial charge in [0.1, 0.15) is 24.9 Å². The van der Waals surface area contributed by atoms with Crippen LogP contribution >= 0.6 is 0 Å². The third-order valence-corrected chi connectivity index (χ3v) is 5.31. The highest BCUT2D eigenvalue weighted by atomic mass is 16.6. The molecule has 0 N–H and O–H groups in total. The summed E-state index contributed by atoms with van der Waals surface area (Å²) in [6.07, 6.45) is 0. The number of hydrogen-bond donors (Lipinski definition) is 0. The lowest BCUT2D eigenvalue weighted by atomic mass is 10.1. The fraction of sp³-hybridized carbons (Fsp3) is 0.333. The van der Waals surface area contributed by atoms with Gasteiger partial charge >= 0.3 is 11.9 Å². The summed E-state index contributed by atoms with van der Waals surface area (Å²) in [7, 11) is 0. The summed E-state index contributed by atoms with van der Waals surface area (Å²) in [5.41, 5.74) is 2.40. The molecule has 0 aliphatic rings. The lowest BCUT2D eigenvalue weighted by molar-refractivity contribution is -0.164. The summed E-state index contributed by atoms with van der Waals surface area (Å²) in [4.78, 5) is 27.6. The Kier molecular flexibility index (Phi) is 10.2. The molecule has 0 saturated heterocycles. The smallest absolute Gasteiger partial charge is 0.332 e. The van der Waals surface area contributed by atoms with Gasteiger partial charge in [0.05, 0.1) is 6.61 Å².